The van der Waals surface area contributed by atoms with E-state index < -0.39 is 0 Å². The molecule has 0 aliphatic carbocycles. The number of imidazole rings is 1. The minimum atomic E-state index is 0.465. The highest BCUT2D eigenvalue weighted by atomic mass is 35.5. The van der Waals surface area contributed by atoms with Crippen LogP contribution in [0.15, 0.2) is 61.2 Å². The predicted octanol–water partition coefficient (Wildman–Crippen LogP) is 6.28. The average Bonchev–Trinajstić information content (AvgIpc) is 3.15. The lowest BCUT2D eigenvalue weighted by atomic mass is 10.2. The van der Waals surface area contributed by atoms with Gasteiger partial charge in [0.1, 0.15) is 11.5 Å². The van der Waals surface area contributed by atoms with E-state index >= 15 is 0 Å². The van der Waals surface area contributed by atoms with Gasteiger partial charge in [-0.2, -0.15) is 0 Å². The molecule has 3 rings (SSSR count). The first-order valence-corrected chi connectivity index (χ1v) is 9.41. The summed E-state index contributed by atoms with van der Waals surface area (Å²) in [7, 11) is 0. The Morgan fingerprint density at radius 2 is 1.78 bits per heavy atom. The molecule has 0 spiro atoms. The number of ether oxygens (including phenoxy) is 2. The second kappa shape index (κ2) is 9.70. The second-order valence-corrected chi connectivity index (χ2v) is 6.91. The van der Waals surface area contributed by atoms with Crippen molar-refractivity contribution in [3.05, 3.63) is 81.8 Å². The number of halogens is 3. The predicted molar refractivity (Wildman–Crippen MR) is 110 cm³/mol. The number of rotatable bonds is 8. The van der Waals surface area contributed by atoms with Gasteiger partial charge < -0.3 is 14.0 Å². The quantitative estimate of drug-likeness (QED) is 0.316. The Hall–Kier alpha value is -2.14. The first kappa shape index (κ1) is 19.6. The van der Waals surface area contributed by atoms with E-state index in [9.17, 15) is 0 Å². The van der Waals surface area contributed by atoms with Gasteiger partial charge >= 0.3 is 0 Å². The number of benzene rings is 2. The van der Waals surface area contributed by atoms with E-state index in [0.717, 1.165) is 11.3 Å². The Labute approximate surface area is 172 Å². The molecule has 27 heavy (non-hydrogen) atoms. The monoisotopic (exact) mass is 422 g/mol. The topological polar surface area (TPSA) is 36.3 Å². The van der Waals surface area contributed by atoms with Crippen LogP contribution in [-0.4, -0.2) is 22.8 Å². The molecule has 1 aromatic heterocycles. The Bertz CT molecular complexity index is 894. The van der Waals surface area contributed by atoms with Crippen molar-refractivity contribution in [2.24, 2.45) is 0 Å². The molecule has 0 unspecified atom stereocenters. The Morgan fingerprint density at radius 1 is 1.00 bits per heavy atom. The van der Waals surface area contributed by atoms with Crippen LogP contribution in [0.2, 0.25) is 15.1 Å². The fourth-order valence-corrected chi connectivity index (χ4v) is 2.94. The van der Waals surface area contributed by atoms with E-state index in [1.165, 1.54) is 0 Å². The summed E-state index contributed by atoms with van der Waals surface area (Å²) >= 11 is 18.2. The second-order valence-electron chi connectivity index (χ2n) is 5.63. The van der Waals surface area contributed by atoms with Crippen molar-refractivity contribution < 1.29 is 9.47 Å². The van der Waals surface area contributed by atoms with Crippen LogP contribution in [0, 0.1) is 0 Å². The van der Waals surface area contributed by atoms with Crippen LogP contribution >= 0.6 is 34.8 Å². The fraction of sp³-hybridized carbons (Fsp3) is 0.150. The molecular formula is C20H17Cl3N2O2. The molecule has 1 heterocycles. The lowest BCUT2D eigenvalue weighted by Crippen LogP contribution is -2.04. The maximum Gasteiger partial charge on any atom is 0.144 e. The summed E-state index contributed by atoms with van der Waals surface area (Å²) in [5.74, 6) is 1.40. The molecule has 0 aliphatic rings. The van der Waals surface area contributed by atoms with Crippen molar-refractivity contribution in [1.29, 1.82) is 0 Å². The normalized spacial score (nSPS) is 11.4. The zero-order valence-corrected chi connectivity index (χ0v) is 16.6. The van der Waals surface area contributed by atoms with Crippen LogP contribution in [0.3, 0.4) is 0 Å². The third-order valence-corrected chi connectivity index (χ3v) is 4.42. The average molecular weight is 424 g/mol. The third kappa shape index (κ3) is 5.93. The lowest BCUT2D eigenvalue weighted by molar-refractivity contribution is 0.226. The van der Waals surface area contributed by atoms with Crippen LogP contribution in [0.1, 0.15) is 12.0 Å². The number of nitrogens with zero attached hydrogens (tertiary/aromatic N) is 2. The van der Waals surface area contributed by atoms with Crippen molar-refractivity contribution in [2.75, 3.05) is 13.2 Å². The lowest BCUT2D eigenvalue weighted by Gasteiger charge is -2.13. The maximum absolute atomic E-state index is 6.33. The van der Waals surface area contributed by atoms with Crippen LogP contribution < -0.4 is 4.74 Å². The SMILES string of the molecule is Clc1ccc(OCCCOC(=Cn2ccnc2)c2ccc(Cl)cc2Cl)cc1. The minimum absolute atomic E-state index is 0.465. The van der Waals surface area contributed by atoms with Crippen molar-refractivity contribution in [1.82, 2.24) is 9.55 Å². The summed E-state index contributed by atoms with van der Waals surface area (Å²) in [4.78, 5) is 4.03. The highest BCUT2D eigenvalue weighted by Crippen LogP contribution is 2.28. The van der Waals surface area contributed by atoms with Crippen molar-refractivity contribution in [2.45, 2.75) is 6.42 Å². The summed E-state index contributed by atoms with van der Waals surface area (Å²) in [6.07, 6.45) is 7.71. The van der Waals surface area contributed by atoms with Crippen molar-refractivity contribution in [3.8, 4) is 5.75 Å². The van der Waals surface area contributed by atoms with Gasteiger partial charge in [-0.25, -0.2) is 4.98 Å². The molecule has 0 bridgehead atoms. The molecule has 140 valence electrons. The van der Waals surface area contributed by atoms with Gasteiger partial charge in [-0.1, -0.05) is 34.8 Å². The number of aromatic nitrogens is 2. The van der Waals surface area contributed by atoms with E-state index in [0.29, 0.717) is 40.5 Å². The molecule has 0 saturated carbocycles. The van der Waals surface area contributed by atoms with Gasteiger partial charge in [0.2, 0.25) is 0 Å². The molecule has 0 radical (unpaired) electrons. The minimum Gasteiger partial charge on any atom is -0.493 e. The van der Waals surface area contributed by atoms with E-state index in [1.807, 2.05) is 30.6 Å². The zero-order valence-electron chi connectivity index (χ0n) is 14.3. The van der Waals surface area contributed by atoms with Crippen LogP contribution in [0.25, 0.3) is 12.0 Å². The fourth-order valence-electron chi connectivity index (χ4n) is 2.32. The largest absolute Gasteiger partial charge is 0.493 e. The summed E-state index contributed by atoms with van der Waals surface area (Å²) in [5.41, 5.74) is 0.758. The summed E-state index contributed by atoms with van der Waals surface area (Å²) < 4.78 is 13.4. The Morgan fingerprint density at radius 3 is 2.48 bits per heavy atom. The summed E-state index contributed by atoms with van der Waals surface area (Å²) in [5, 5.41) is 1.77. The van der Waals surface area contributed by atoms with Gasteiger partial charge in [0.05, 0.1) is 30.8 Å². The summed E-state index contributed by atoms with van der Waals surface area (Å²) in [6, 6.07) is 12.5. The first-order valence-electron chi connectivity index (χ1n) is 8.27. The molecule has 0 N–H and O–H groups in total. The molecule has 0 amide bonds. The molecule has 2 aromatic carbocycles. The van der Waals surface area contributed by atoms with Crippen molar-refractivity contribution >= 4 is 46.8 Å². The Kier molecular flexibility index (Phi) is 7.04. The molecule has 0 saturated heterocycles. The molecular weight excluding hydrogens is 407 g/mol. The molecule has 0 aliphatic heterocycles. The van der Waals surface area contributed by atoms with Crippen LogP contribution in [0.4, 0.5) is 0 Å². The Balaban J connectivity index is 1.61. The van der Waals surface area contributed by atoms with Crippen LogP contribution in [-0.2, 0) is 4.74 Å². The zero-order chi connectivity index (χ0) is 19.1. The maximum atomic E-state index is 6.33. The summed E-state index contributed by atoms with van der Waals surface area (Å²) in [6.45, 7) is 0.988. The van der Waals surface area contributed by atoms with Gasteiger partial charge in [0, 0.05) is 34.4 Å². The molecule has 7 heteroatoms. The van der Waals surface area contributed by atoms with Gasteiger partial charge in [-0.15, -0.1) is 0 Å². The first-order chi connectivity index (χ1) is 13.1. The van der Waals surface area contributed by atoms with E-state index in [4.69, 9.17) is 44.3 Å². The highest BCUT2D eigenvalue weighted by molar-refractivity contribution is 6.35. The van der Waals surface area contributed by atoms with Crippen molar-refractivity contribution in [3.63, 3.8) is 0 Å². The van der Waals surface area contributed by atoms with Gasteiger partial charge in [0.15, 0.2) is 0 Å². The van der Waals surface area contributed by atoms with Gasteiger partial charge in [-0.05, 0) is 42.5 Å². The van der Waals surface area contributed by atoms with E-state index in [-0.39, 0.29) is 0 Å². The van der Waals surface area contributed by atoms with E-state index in [1.54, 1.807) is 41.4 Å². The smallest absolute Gasteiger partial charge is 0.144 e. The van der Waals surface area contributed by atoms with E-state index in [2.05, 4.69) is 4.98 Å². The standard InChI is InChI=1S/C20H17Cl3N2O2/c21-15-2-5-17(6-3-15)26-10-1-11-27-20(13-25-9-8-24-14-25)18-7-4-16(22)12-19(18)23/h2-9,12-14H,1,10-11H2. The number of hydrogen-bond acceptors (Lipinski definition) is 3. The number of hydrogen-bond donors (Lipinski definition) is 0. The molecule has 3 aromatic rings. The van der Waals surface area contributed by atoms with Gasteiger partial charge in [0.25, 0.3) is 0 Å². The molecule has 4 nitrogen and oxygen atoms in total. The molecule has 0 atom stereocenters. The van der Waals surface area contributed by atoms with Gasteiger partial charge in [-0.3, -0.25) is 0 Å². The highest BCUT2D eigenvalue weighted by Gasteiger charge is 2.09. The molecule has 0 fully saturated rings. The third-order valence-electron chi connectivity index (χ3n) is 3.62. The van der Waals surface area contributed by atoms with Crippen LogP contribution in [0.5, 0.6) is 5.75 Å².